The van der Waals surface area contributed by atoms with E-state index in [9.17, 15) is 14.4 Å². The molecular weight excluding hydrogens is 332 g/mol. The molecule has 1 aliphatic heterocycles. The molecule has 1 heterocycles. The lowest BCUT2D eigenvalue weighted by Gasteiger charge is -2.11. The van der Waals surface area contributed by atoms with E-state index in [-0.39, 0.29) is 12.8 Å². The van der Waals surface area contributed by atoms with Crippen LogP contribution in [0.25, 0.3) is 10.8 Å². The van der Waals surface area contributed by atoms with Crippen molar-refractivity contribution >= 4 is 28.7 Å². The number of rotatable bonds is 1. The van der Waals surface area contributed by atoms with Gasteiger partial charge in [0.1, 0.15) is 0 Å². The number of nitrogens with one attached hydrogen (secondary N) is 1. The molecule has 1 N–H and O–H groups in total. The number of fused-ring (bicyclic) bond motifs is 1. The first-order chi connectivity index (χ1) is 12.6. The van der Waals surface area contributed by atoms with E-state index in [1.165, 1.54) is 17.8 Å². The van der Waals surface area contributed by atoms with Gasteiger partial charge in [0.2, 0.25) is 0 Å². The van der Waals surface area contributed by atoms with Crippen molar-refractivity contribution in [3.63, 3.8) is 0 Å². The van der Waals surface area contributed by atoms with E-state index in [1.807, 2.05) is 27.7 Å². The Kier molecular flexibility index (Phi) is 11.9. The number of imide groups is 1. The Morgan fingerprint density at radius 1 is 0.846 bits per heavy atom. The summed E-state index contributed by atoms with van der Waals surface area (Å²) in [6, 6.07) is 16.7. The zero-order valence-corrected chi connectivity index (χ0v) is 16.1. The Morgan fingerprint density at radius 2 is 1.19 bits per heavy atom. The molecule has 0 aliphatic carbocycles. The first-order valence-electron chi connectivity index (χ1n) is 8.81. The number of hydroxylamine groups is 2. The number of nitrogens with zero attached hydrogens (tertiary/aromatic N) is 1. The molecule has 3 rings (SSSR count). The smallest absolute Gasteiger partial charge is 0.323 e. The van der Waals surface area contributed by atoms with Gasteiger partial charge in [-0.25, -0.2) is 4.79 Å². The molecular formula is C20H28N2O4. The summed E-state index contributed by atoms with van der Waals surface area (Å²) in [5.74, 6) is -0.966. The zero-order valence-electron chi connectivity index (χ0n) is 16.1. The lowest BCUT2D eigenvalue weighted by molar-refractivity contribution is -0.171. The van der Waals surface area contributed by atoms with Crippen LogP contribution in [-0.4, -0.2) is 30.0 Å². The molecule has 1 fully saturated rings. The van der Waals surface area contributed by atoms with Gasteiger partial charge < -0.3 is 10.2 Å². The number of carbonyl (C=O) groups is 3. The van der Waals surface area contributed by atoms with Crippen molar-refractivity contribution in [1.29, 1.82) is 0 Å². The Morgan fingerprint density at radius 3 is 1.50 bits per heavy atom. The second-order valence-corrected chi connectivity index (χ2v) is 4.56. The molecule has 142 valence electrons. The van der Waals surface area contributed by atoms with Crippen molar-refractivity contribution in [1.82, 2.24) is 10.4 Å². The Hall–Kier alpha value is -2.89. The number of hydrogen-bond donors (Lipinski definition) is 1. The van der Waals surface area contributed by atoms with Crippen LogP contribution in [0.4, 0.5) is 4.79 Å². The lowest BCUT2D eigenvalue weighted by atomic mass is 10.1. The largest absolute Gasteiger partial charge is 0.431 e. The van der Waals surface area contributed by atoms with E-state index in [0.717, 1.165) is 0 Å². The maximum Gasteiger partial charge on any atom is 0.431 e. The highest BCUT2D eigenvalue weighted by molar-refractivity contribution is 6.01. The molecule has 0 radical (unpaired) electrons. The average molecular weight is 360 g/mol. The molecule has 1 saturated heterocycles. The fourth-order valence-electron chi connectivity index (χ4n) is 1.92. The molecule has 26 heavy (non-hydrogen) atoms. The van der Waals surface area contributed by atoms with E-state index >= 15 is 0 Å². The van der Waals surface area contributed by atoms with Crippen LogP contribution < -0.4 is 5.32 Å². The summed E-state index contributed by atoms with van der Waals surface area (Å²) in [6.45, 7) is 8.00. The molecule has 0 bridgehead atoms. The van der Waals surface area contributed by atoms with Gasteiger partial charge in [0.05, 0.1) is 0 Å². The van der Waals surface area contributed by atoms with E-state index in [2.05, 4.69) is 58.7 Å². The zero-order chi connectivity index (χ0) is 19.9. The van der Waals surface area contributed by atoms with Gasteiger partial charge in [0.15, 0.2) is 0 Å². The minimum atomic E-state index is -0.821. The van der Waals surface area contributed by atoms with Gasteiger partial charge >= 0.3 is 6.09 Å². The summed E-state index contributed by atoms with van der Waals surface area (Å²) in [7, 11) is 1.34. The topological polar surface area (TPSA) is 75.7 Å². The van der Waals surface area contributed by atoms with Crippen LogP contribution in [-0.2, 0) is 14.4 Å². The van der Waals surface area contributed by atoms with Gasteiger partial charge in [-0.1, -0.05) is 76.2 Å². The average Bonchev–Trinajstić information content (AvgIpc) is 3.03. The Balaban J connectivity index is 0.000000407. The molecule has 1 aliphatic rings. The van der Waals surface area contributed by atoms with Crippen molar-refractivity contribution in [3.8, 4) is 0 Å². The second kappa shape index (κ2) is 13.4. The predicted molar refractivity (Wildman–Crippen MR) is 103 cm³/mol. The molecule has 6 nitrogen and oxygen atoms in total. The van der Waals surface area contributed by atoms with Gasteiger partial charge in [-0.15, -0.1) is 5.06 Å². The molecule has 2 aromatic rings. The van der Waals surface area contributed by atoms with Crippen LogP contribution in [0.3, 0.4) is 0 Å². The SMILES string of the molecule is CC.CC.CNC(=O)ON1C(=O)CCC1=O.c1ccc2ccccc2c1. The molecule has 2 aromatic carbocycles. The standard InChI is InChI=1S/C10H8.C6H8N2O4.2C2H6/c1-2-6-10-8-4-3-7-9(10)5-1;1-7-6(11)12-8-4(9)2-3-5(8)10;2*1-2/h1-8H;2-3H2,1H3,(H,7,11);2*1-2H3. The molecule has 0 unspecified atom stereocenters. The van der Waals surface area contributed by atoms with Crippen molar-refractivity contribution in [2.75, 3.05) is 7.05 Å². The van der Waals surface area contributed by atoms with Crippen molar-refractivity contribution < 1.29 is 19.2 Å². The highest BCUT2D eigenvalue weighted by Gasteiger charge is 2.32. The van der Waals surface area contributed by atoms with Crippen LogP contribution in [0.15, 0.2) is 48.5 Å². The van der Waals surface area contributed by atoms with Gasteiger partial charge in [-0.2, -0.15) is 0 Å². The lowest BCUT2D eigenvalue weighted by Crippen LogP contribution is -2.35. The van der Waals surface area contributed by atoms with Gasteiger partial charge in [-0.3, -0.25) is 9.59 Å². The van der Waals surface area contributed by atoms with Crippen LogP contribution in [0.1, 0.15) is 40.5 Å². The number of carbonyl (C=O) groups excluding carboxylic acids is 3. The highest BCUT2D eigenvalue weighted by Crippen LogP contribution is 2.12. The van der Waals surface area contributed by atoms with E-state index in [0.29, 0.717) is 5.06 Å². The van der Waals surface area contributed by atoms with Gasteiger partial charge in [0, 0.05) is 19.9 Å². The van der Waals surface area contributed by atoms with Crippen molar-refractivity contribution in [2.45, 2.75) is 40.5 Å². The predicted octanol–water partition coefficient (Wildman–Crippen LogP) is 4.30. The van der Waals surface area contributed by atoms with E-state index < -0.39 is 17.9 Å². The quantitative estimate of drug-likeness (QED) is 0.769. The van der Waals surface area contributed by atoms with Crippen molar-refractivity contribution in [3.05, 3.63) is 48.5 Å². The third-order valence-electron chi connectivity index (χ3n) is 3.04. The van der Waals surface area contributed by atoms with E-state index in [1.54, 1.807) is 0 Å². The first kappa shape index (κ1) is 23.1. The fraction of sp³-hybridized carbons (Fsp3) is 0.350. The highest BCUT2D eigenvalue weighted by atomic mass is 16.7. The van der Waals surface area contributed by atoms with Crippen LogP contribution in [0, 0.1) is 0 Å². The summed E-state index contributed by atoms with van der Waals surface area (Å²) in [6.07, 6.45) is -0.607. The van der Waals surface area contributed by atoms with Crippen LogP contribution in [0.5, 0.6) is 0 Å². The minimum Gasteiger partial charge on any atom is -0.323 e. The molecule has 3 amide bonds. The number of amides is 3. The third kappa shape index (κ3) is 7.34. The maximum absolute atomic E-state index is 10.8. The van der Waals surface area contributed by atoms with E-state index in [4.69, 9.17) is 0 Å². The van der Waals surface area contributed by atoms with Gasteiger partial charge in [0.25, 0.3) is 11.8 Å². The summed E-state index contributed by atoms with van der Waals surface area (Å²) >= 11 is 0. The van der Waals surface area contributed by atoms with Crippen LogP contribution in [0.2, 0.25) is 0 Å². The Labute approximate surface area is 155 Å². The third-order valence-corrected chi connectivity index (χ3v) is 3.04. The fourth-order valence-corrected chi connectivity index (χ4v) is 1.92. The summed E-state index contributed by atoms with van der Waals surface area (Å²) < 4.78 is 0. The molecule has 0 saturated carbocycles. The maximum atomic E-state index is 10.8. The first-order valence-corrected chi connectivity index (χ1v) is 8.81. The summed E-state index contributed by atoms with van der Waals surface area (Å²) in [5.41, 5.74) is 0. The molecule has 6 heteroatoms. The second-order valence-electron chi connectivity index (χ2n) is 4.56. The molecule has 0 spiro atoms. The summed E-state index contributed by atoms with van der Waals surface area (Å²) in [4.78, 5) is 36.6. The van der Waals surface area contributed by atoms with Gasteiger partial charge in [-0.05, 0) is 10.8 Å². The number of hydrogen-bond acceptors (Lipinski definition) is 4. The minimum absolute atomic E-state index is 0.107. The number of benzene rings is 2. The molecule has 0 aromatic heterocycles. The van der Waals surface area contributed by atoms with Crippen LogP contribution >= 0.6 is 0 Å². The Bertz CT molecular complexity index is 620. The molecule has 0 atom stereocenters. The van der Waals surface area contributed by atoms with Crippen molar-refractivity contribution in [2.24, 2.45) is 0 Å². The normalized spacial score (nSPS) is 12.0. The summed E-state index contributed by atoms with van der Waals surface area (Å²) in [5, 5.41) is 5.23. The monoisotopic (exact) mass is 360 g/mol.